The molecule has 7 nitrogen and oxygen atoms in total. The van der Waals surface area contributed by atoms with Crippen molar-refractivity contribution >= 4 is 11.9 Å². The Labute approximate surface area is 170 Å². The average molecular weight is 391 g/mol. The van der Waals surface area contributed by atoms with Gasteiger partial charge in [-0.2, -0.15) is 0 Å². The Balaban J connectivity index is 1.65. The second kappa shape index (κ2) is 9.05. The molecule has 0 saturated heterocycles. The van der Waals surface area contributed by atoms with Crippen LogP contribution >= 0.6 is 0 Å². The second-order valence-electron chi connectivity index (χ2n) is 7.03. The number of imidazole rings is 1. The molecule has 0 aliphatic carbocycles. The van der Waals surface area contributed by atoms with Gasteiger partial charge in [-0.1, -0.05) is 42.0 Å². The quantitative estimate of drug-likeness (QED) is 0.576. The van der Waals surface area contributed by atoms with Crippen molar-refractivity contribution in [2.24, 2.45) is 5.73 Å². The zero-order valence-corrected chi connectivity index (χ0v) is 16.5. The van der Waals surface area contributed by atoms with Crippen molar-refractivity contribution in [1.29, 1.82) is 0 Å². The van der Waals surface area contributed by atoms with E-state index in [0.29, 0.717) is 0 Å². The molecule has 150 valence electrons. The number of nitrogens with zero attached hydrogens (tertiary/aromatic N) is 2. The van der Waals surface area contributed by atoms with Gasteiger partial charge in [-0.05, 0) is 37.1 Å². The summed E-state index contributed by atoms with van der Waals surface area (Å²) in [4.78, 5) is 28.1. The molecule has 3 amide bonds. The van der Waals surface area contributed by atoms with Gasteiger partial charge in [-0.3, -0.25) is 4.79 Å². The predicted molar refractivity (Wildman–Crippen MR) is 111 cm³/mol. The first kappa shape index (κ1) is 20.1. The van der Waals surface area contributed by atoms with Crippen LogP contribution in [0.5, 0.6) is 0 Å². The van der Waals surface area contributed by atoms with Crippen LogP contribution in [0.25, 0.3) is 5.69 Å². The van der Waals surface area contributed by atoms with E-state index >= 15 is 0 Å². The molecule has 7 heteroatoms. The number of nitrogens with one attached hydrogen (secondary N) is 2. The van der Waals surface area contributed by atoms with Crippen LogP contribution in [0, 0.1) is 6.92 Å². The average Bonchev–Trinajstić information content (AvgIpc) is 3.22. The first-order valence-corrected chi connectivity index (χ1v) is 9.42. The van der Waals surface area contributed by atoms with E-state index in [1.165, 1.54) is 0 Å². The highest BCUT2D eigenvalue weighted by molar-refractivity contribution is 5.79. The van der Waals surface area contributed by atoms with E-state index in [4.69, 9.17) is 5.73 Å². The topological polar surface area (TPSA) is 102 Å². The number of carbonyl (C=O) groups is 2. The van der Waals surface area contributed by atoms with Crippen LogP contribution in [-0.4, -0.2) is 21.5 Å². The van der Waals surface area contributed by atoms with E-state index in [-0.39, 0.29) is 18.4 Å². The molecular weight excluding hydrogens is 366 g/mol. The Morgan fingerprint density at radius 1 is 1.10 bits per heavy atom. The van der Waals surface area contributed by atoms with E-state index in [1.54, 1.807) is 12.5 Å². The Hall–Kier alpha value is -3.61. The Kier molecular flexibility index (Phi) is 6.29. The zero-order chi connectivity index (χ0) is 20.8. The summed E-state index contributed by atoms with van der Waals surface area (Å²) in [6.45, 7) is 3.88. The Bertz CT molecular complexity index is 967. The van der Waals surface area contributed by atoms with Gasteiger partial charge in [0.25, 0.3) is 0 Å². The summed E-state index contributed by atoms with van der Waals surface area (Å²) in [6, 6.07) is 14.2. The molecule has 0 bridgehead atoms. The van der Waals surface area contributed by atoms with Crippen molar-refractivity contribution in [1.82, 2.24) is 20.2 Å². The first-order valence-electron chi connectivity index (χ1n) is 9.42. The number of primary amides is 1. The summed E-state index contributed by atoms with van der Waals surface area (Å²) in [6.07, 6.45) is 5.43. The minimum atomic E-state index is -0.660. The SMILES string of the molecule is Cc1cccc(C(CC(=O)NC(C)c2ccc(-n3ccnc3)cc2)NC(N)=O)c1. The summed E-state index contributed by atoms with van der Waals surface area (Å²) in [7, 11) is 0. The number of aryl methyl sites for hydroxylation is 1. The Morgan fingerprint density at radius 3 is 2.48 bits per heavy atom. The lowest BCUT2D eigenvalue weighted by molar-refractivity contribution is -0.122. The molecule has 3 rings (SSSR count). The molecule has 1 aromatic heterocycles. The summed E-state index contributed by atoms with van der Waals surface area (Å²) in [5, 5.41) is 5.65. The lowest BCUT2D eigenvalue weighted by atomic mass is 10.0. The molecule has 4 N–H and O–H groups in total. The maximum atomic E-state index is 12.6. The third kappa shape index (κ3) is 5.44. The lowest BCUT2D eigenvalue weighted by Gasteiger charge is -2.20. The molecule has 0 fully saturated rings. The largest absolute Gasteiger partial charge is 0.352 e. The molecule has 0 spiro atoms. The van der Waals surface area contributed by atoms with E-state index in [0.717, 1.165) is 22.4 Å². The maximum Gasteiger partial charge on any atom is 0.312 e. The fourth-order valence-electron chi connectivity index (χ4n) is 3.23. The number of rotatable bonds is 7. The van der Waals surface area contributed by atoms with Crippen LogP contribution in [0.1, 0.15) is 42.1 Å². The van der Waals surface area contributed by atoms with Gasteiger partial charge in [0, 0.05) is 18.1 Å². The van der Waals surface area contributed by atoms with Crippen molar-refractivity contribution < 1.29 is 9.59 Å². The van der Waals surface area contributed by atoms with Crippen LogP contribution in [0.4, 0.5) is 4.79 Å². The van der Waals surface area contributed by atoms with Gasteiger partial charge in [0.1, 0.15) is 0 Å². The van der Waals surface area contributed by atoms with Crippen molar-refractivity contribution in [2.75, 3.05) is 0 Å². The molecule has 2 unspecified atom stereocenters. The molecular formula is C22H25N5O2. The number of amides is 3. The van der Waals surface area contributed by atoms with Gasteiger partial charge < -0.3 is 20.9 Å². The molecule has 0 radical (unpaired) electrons. The van der Waals surface area contributed by atoms with Gasteiger partial charge in [0.2, 0.25) is 5.91 Å². The van der Waals surface area contributed by atoms with Crippen molar-refractivity contribution in [3.63, 3.8) is 0 Å². The summed E-state index contributed by atoms with van der Waals surface area (Å²) in [5.74, 6) is -0.170. The van der Waals surface area contributed by atoms with E-state index in [9.17, 15) is 9.59 Å². The summed E-state index contributed by atoms with van der Waals surface area (Å²) in [5.41, 5.74) is 9.17. The summed E-state index contributed by atoms with van der Waals surface area (Å²) >= 11 is 0. The molecule has 1 heterocycles. The summed E-state index contributed by atoms with van der Waals surface area (Å²) < 4.78 is 1.91. The van der Waals surface area contributed by atoms with Gasteiger partial charge in [-0.15, -0.1) is 0 Å². The second-order valence-corrected chi connectivity index (χ2v) is 7.03. The van der Waals surface area contributed by atoms with E-state index in [2.05, 4.69) is 15.6 Å². The minimum absolute atomic E-state index is 0.101. The number of nitrogens with two attached hydrogens (primary N) is 1. The zero-order valence-electron chi connectivity index (χ0n) is 16.5. The molecule has 29 heavy (non-hydrogen) atoms. The number of carbonyl (C=O) groups excluding carboxylic acids is 2. The van der Waals surface area contributed by atoms with E-state index < -0.39 is 12.1 Å². The molecule has 2 atom stereocenters. The van der Waals surface area contributed by atoms with Crippen molar-refractivity contribution in [2.45, 2.75) is 32.4 Å². The monoisotopic (exact) mass is 391 g/mol. The normalized spacial score (nSPS) is 12.8. The number of aromatic nitrogens is 2. The van der Waals surface area contributed by atoms with Crippen LogP contribution in [-0.2, 0) is 4.79 Å². The highest BCUT2D eigenvalue weighted by Gasteiger charge is 2.19. The van der Waals surface area contributed by atoms with Crippen molar-refractivity contribution in [3.05, 3.63) is 83.9 Å². The van der Waals surface area contributed by atoms with E-state index in [1.807, 2.05) is 73.1 Å². The molecule has 0 saturated carbocycles. The maximum absolute atomic E-state index is 12.6. The molecule has 3 aromatic rings. The van der Waals surface area contributed by atoms with Gasteiger partial charge in [0.05, 0.1) is 24.8 Å². The smallest absolute Gasteiger partial charge is 0.312 e. The highest BCUT2D eigenvalue weighted by atomic mass is 16.2. The predicted octanol–water partition coefficient (Wildman–Crippen LogP) is 3.16. The van der Waals surface area contributed by atoms with Crippen LogP contribution in [0.3, 0.4) is 0 Å². The minimum Gasteiger partial charge on any atom is -0.352 e. The van der Waals surface area contributed by atoms with Crippen molar-refractivity contribution in [3.8, 4) is 5.69 Å². The molecule has 0 aliphatic rings. The fourth-order valence-corrected chi connectivity index (χ4v) is 3.23. The third-order valence-corrected chi connectivity index (χ3v) is 4.72. The number of hydrogen-bond acceptors (Lipinski definition) is 3. The molecule has 2 aromatic carbocycles. The third-order valence-electron chi connectivity index (χ3n) is 4.72. The highest BCUT2D eigenvalue weighted by Crippen LogP contribution is 2.20. The number of benzene rings is 2. The van der Waals surface area contributed by atoms with Gasteiger partial charge in [-0.25, -0.2) is 9.78 Å². The van der Waals surface area contributed by atoms with Crippen LogP contribution in [0.2, 0.25) is 0 Å². The fraction of sp³-hybridized carbons (Fsp3) is 0.227. The lowest BCUT2D eigenvalue weighted by Crippen LogP contribution is -2.37. The Morgan fingerprint density at radius 2 is 1.86 bits per heavy atom. The standard InChI is InChI=1S/C22H25N5O2/c1-15-4-3-5-18(12-15)20(26-22(23)29)13-21(28)25-16(2)17-6-8-19(9-7-17)27-11-10-24-14-27/h3-12,14,16,20H,13H2,1-2H3,(H,25,28)(H3,23,26,29). The van der Waals surface area contributed by atoms with Gasteiger partial charge in [0.15, 0.2) is 0 Å². The number of urea groups is 1. The van der Waals surface area contributed by atoms with Gasteiger partial charge >= 0.3 is 6.03 Å². The molecule has 0 aliphatic heterocycles. The van der Waals surface area contributed by atoms with Crippen LogP contribution in [0.15, 0.2) is 67.3 Å². The van der Waals surface area contributed by atoms with Crippen LogP contribution < -0.4 is 16.4 Å². The number of hydrogen-bond donors (Lipinski definition) is 3. The first-order chi connectivity index (χ1) is 13.9.